The maximum Gasteiger partial charge on any atom is 0.273 e. The van der Waals surface area contributed by atoms with Gasteiger partial charge in [-0.15, -0.1) is 0 Å². The molecule has 0 aliphatic carbocycles. The van der Waals surface area contributed by atoms with E-state index in [4.69, 9.17) is 4.74 Å². The van der Waals surface area contributed by atoms with Crippen LogP contribution in [-0.4, -0.2) is 57.4 Å². The van der Waals surface area contributed by atoms with Gasteiger partial charge in [0.1, 0.15) is 18.4 Å². The molecule has 2 heterocycles. The zero-order chi connectivity index (χ0) is 19.6. The topological polar surface area (TPSA) is 96.7 Å². The summed E-state index contributed by atoms with van der Waals surface area (Å²) in [5.41, 5.74) is 2.50. The van der Waals surface area contributed by atoms with Crippen molar-refractivity contribution in [3.05, 3.63) is 47.3 Å². The number of hydrogen-bond acceptors (Lipinski definition) is 5. The first-order chi connectivity index (χ1) is 12.9. The highest BCUT2D eigenvalue weighted by Gasteiger charge is 2.33. The molecule has 8 heteroatoms. The Morgan fingerprint density at radius 3 is 2.70 bits per heavy atom. The standard InChI is InChI=1S/C19H24N4O4/c1-4-23-16(10-27-11-17(23)24)18(25)13-5-7-14(8-6-13)20-19(26)15-9-12(2)21-22(15)3/h5-9,16,18,25H,4,10-11H2,1-3H3,(H,20,26). The maximum atomic E-state index is 12.4. The molecule has 1 fully saturated rings. The maximum absolute atomic E-state index is 12.4. The molecule has 8 nitrogen and oxygen atoms in total. The molecular formula is C19H24N4O4. The quantitative estimate of drug-likeness (QED) is 0.824. The smallest absolute Gasteiger partial charge is 0.273 e. The van der Waals surface area contributed by atoms with Gasteiger partial charge < -0.3 is 20.1 Å². The molecular weight excluding hydrogens is 348 g/mol. The van der Waals surface area contributed by atoms with Crippen molar-refractivity contribution < 1.29 is 19.4 Å². The molecule has 3 rings (SSSR count). The van der Waals surface area contributed by atoms with E-state index in [2.05, 4.69) is 10.4 Å². The van der Waals surface area contributed by atoms with Crippen LogP contribution in [0, 0.1) is 6.92 Å². The largest absolute Gasteiger partial charge is 0.386 e. The zero-order valence-corrected chi connectivity index (χ0v) is 15.7. The van der Waals surface area contributed by atoms with Gasteiger partial charge >= 0.3 is 0 Å². The first kappa shape index (κ1) is 19.1. The van der Waals surface area contributed by atoms with Gasteiger partial charge in [0.15, 0.2) is 0 Å². The molecule has 2 amide bonds. The van der Waals surface area contributed by atoms with E-state index in [1.54, 1.807) is 42.3 Å². The summed E-state index contributed by atoms with van der Waals surface area (Å²) in [5.74, 6) is -0.377. The molecule has 1 aromatic carbocycles. The molecule has 144 valence electrons. The fourth-order valence-electron chi connectivity index (χ4n) is 3.30. The van der Waals surface area contributed by atoms with Gasteiger partial charge in [0.25, 0.3) is 5.91 Å². The van der Waals surface area contributed by atoms with Gasteiger partial charge in [-0.1, -0.05) is 12.1 Å². The molecule has 0 spiro atoms. The number of rotatable bonds is 5. The average molecular weight is 372 g/mol. The summed E-state index contributed by atoms with van der Waals surface area (Å²) in [6.45, 7) is 4.56. The predicted octanol–water partition coefficient (Wildman–Crippen LogP) is 1.26. The lowest BCUT2D eigenvalue weighted by atomic mass is 10.00. The number of hydrogen-bond donors (Lipinski definition) is 2. The summed E-state index contributed by atoms with van der Waals surface area (Å²) in [6.07, 6.45) is -0.862. The summed E-state index contributed by atoms with van der Waals surface area (Å²) < 4.78 is 6.82. The van der Waals surface area contributed by atoms with Gasteiger partial charge in [-0.05, 0) is 37.6 Å². The second kappa shape index (κ2) is 7.89. The number of nitrogens with zero attached hydrogens (tertiary/aromatic N) is 3. The third kappa shape index (κ3) is 4.01. The number of nitrogens with one attached hydrogen (secondary N) is 1. The highest BCUT2D eigenvalue weighted by Crippen LogP contribution is 2.25. The Hall–Kier alpha value is -2.71. The van der Waals surface area contributed by atoms with Crippen molar-refractivity contribution in [2.45, 2.75) is 26.0 Å². The Morgan fingerprint density at radius 1 is 1.41 bits per heavy atom. The van der Waals surface area contributed by atoms with E-state index in [1.807, 2.05) is 13.8 Å². The van der Waals surface area contributed by atoms with Gasteiger partial charge in [0.05, 0.1) is 18.3 Å². The molecule has 2 atom stereocenters. The number of morpholine rings is 1. The number of likely N-dealkylation sites (N-methyl/N-ethyl adjacent to an activating group) is 1. The second-order valence-corrected chi connectivity index (χ2v) is 6.58. The molecule has 1 aliphatic rings. The van der Waals surface area contributed by atoms with Crippen molar-refractivity contribution in [1.29, 1.82) is 0 Å². The van der Waals surface area contributed by atoms with Crippen LogP contribution in [0.3, 0.4) is 0 Å². The van der Waals surface area contributed by atoms with Crippen LogP contribution >= 0.6 is 0 Å². The Morgan fingerprint density at radius 2 is 2.11 bits per heavy atom. The number of anilines is 1. The van der Waals surface area contributed by atoms with Crippen LogP contribution in [0.5, 0.6) is 0 Å². The fraction of sp³-hybridized carbons (Fsp3) is 0.421. The van der Waals surface area contributed by atoms with Gasteiger partial charge in [-0.3, -0.25) is 14.3 Å². The Kier molecular flexibility index (Phi) is 5.57. The molecule has 2 N–H and O–H groups in total. The number of carbonyl (C=O) groups is 2. The van der Waals surface area contributed by atoms with E-state index in [0.29, 0.717) is 30.1 Å². The summed E-state index contributed by atoms with van der Waals surface area (Å²) in [5, 5.41) is 17.7. The minimum Gasteiger partial charge on any atom is -0.386 e. The third-order valence-corrected chi connectivity index (χ3v) is 4.68. The van der Waals surface area contributed by atoms with Crippen molar-refractivity contribution in [3.8, 4) is 0 Å². The van der Waals surface area contributed by atoms with Crippen molar-refractivity contribution in [2.24, 2.45) is 7.05 Å². The number of aryl methyl sites for hydroxylation is 2. The van der Waals surface area contributed by atoms with E-state index in [9.17, 15) is 14.7 Å². The molecule has 1 aromatic heterocycles. The Balaban J connectivity index is 1.70. The highest BCUT2D eigenvalue weighted by atomic mass is 16.5. The van der Waals surface area contributed by atoms with E-state index >= 15 is 0 Å². The molecule has 0 saturated carbocycles. The lowest BCUT2D eigenvalue weighted by Crippen LogP contribution is -2.51. The van der Waals surface area contributed by atoms with Crippen molar-refractivity contribution >= 4 is 17.5 Å². The lowest BCUT2D eigenvalue weighted by molar-refractivity contribution is -0.153. The number of ether oxygens (including phenoxy) is 1. The number of benzene rings is 1. The number of aliphatic hydroxyl groups is 1. The number of aliphatic hydroxyl groups excluding tert-OH is 1. The number of aromatic nitrogens is 2. The highest BCUT2D eigenvalue weighted by molar-refractivity contribution is 6.03. The summed E-state index contributed by atoms with van der Waals surface area (Å²) in [7, 11) is 1.72. The normalized spacial score (nSPS) is 18.4. The molecule has 2 unspecified atom stereocenters. The van der Waals surface area contributed by atoms with Gasteiger partial charge in [0.2, 0.25) is 5.91 Å². The van der Waals surface area contributed by atoms with E-state index in [1.165, 1.54) is 4.68 Å². The lowest BCUT2D eigenvalue weighted by Gasteiger charge is -2.37. The predicted molar refractivity (Wildman–Crippen MR) is 99.3 cm³/mol. The summed E-state index contributed by atoms with van der Waals surface area (Å²) >= 11 is 0. The molecule has 2 aromatic rings. The second-order valence-electron chi connectivity index (χ2n) is 6.58. The van der Waals surface area contributed by atoms with Crippen LogP contribution in [0.25, 0.3) is 0 Å². The van der Waals surface area contributed by atoms with Crippen LogP contribution in [0.2, 0.25) is 0 Å². The van der Waals surface area contributed by atoms with Crippen molar-refractivity contribution in [3.63, 3.8) is 0 Å². The third-order valence-electron chi connectivity index (χ3n) is 4.68. The van der Waals surface area contributed by atoms with Gasteiger partial charge in [-0.2, -0.15) is 5.10 Å². The first-order valence-corrected chi connectivity index (χ1v) is 8.88. The van der Waals surface area contributed by atoms with Crippen molar-refractivity contribution in [2.75, 3.05) is 25.1 Å². The summed E-state index contributed by atoms with van der Waals surface area (Å²) in [4.78, 5) is 25.9. The monoisotopic (exact) mass is 372 g/mol. The van der Waals surface area contributed by atoms with Crippen LogP contribution in [0.4, 0.5) is 5.69 Å². The molecule has 0 bridgehead atoms. The van der Waals surface area contributed by atoms with Crippen LogP contribution in [-0.2, 0) is 16.6 Å². The Labute approximate surface area is 157 Å². The molecule has 27 heavy (non-hydrogen) atoms. The minimum atomic E-state index is -0.862. The van der Waals surface area contributed by atoms with E-state index in [-0.39, 0.29) is 18.4 Å². The molecule has 1 saturated heterocycles. The zero-order valence-electron chi connectivity index (χ0n) is 15.7. The van der Waals surface area contributed by atoms with Crippen LogP contribution < -0.4 is 5.32 Å². The SMILES string of the molecule is CCN1C(=O)COCC1C(O)c1ccc(NC(=O)c2cc(C)nn2C)cc1. The van der Waals surface area contributed by atoms with Gasteiger partial charge in [0, 0.05) is 19.3 Å². The summed E-state index contributed by atoms with van der Waals surface area (Å²) in [6, 6.07) is 8.22. The Bertz CT molecular complexity index is 831. The molecule has 0 radical (unpaired) electrons. The van der Waals surface area contributed by atoms with E-state index in [0.717, 1.165) is 5.69 Å². The van der Waals surface area contributed by atoms with Crippen LogP contribution in [0.1, 0.15) is 34.8 Å². The number of amides is 2. The molecule has 1 aliphatic heterocycles. The minimum absolute atomic E-state index is 0.0511. The van der Waals surface area contributed by atoms with Crippen LogP contribution in [0.15, 0.2) is 30.3 Å². The fourth-order valence-corrected chi connectivity index (χ4v) is 3.30. The average Bonchev–Trinajstić information content (AvgIpc) is 3.00. The van der Waals surface area contributed by atoms with E-state index < -0.39 is 12.1 Å². The van der Waals surface area contributed by atoms with Gasteiger partial charge in [-0.25, -0.2) is 0 Å². The first-order valence-electron chi connectivity index (χ1n) is 8.88. The number of carbonyl (C=O) groups excluding carboxylic acids is 2. The van der Waals surface area contributed by atoms with Crippen molar-refractivity contribution in [1.82, 2.24) is 14.7 Å².